The van der Waals surface area contributed by atoms with Crippen molar-refractivity contribution in [2.45, 2.75) is 0 Å². The van der Waals surface area contributed by atoms with Gasteiger partial charge >= 0.3 is 0 Å². The van der Waals surface area contributed by atoms with Gasteiger partial charge < -0.3 is 10.2 Å². The van der Waals surface area contributed by atoms with E-state index in [2.05, 4.69) is 25.6 Å². The summed E-state index contributed by atoms with van der Waals surface area (Å²) in [4.78, 5) is 3.71. The summed E-state index contributed by atoms with van der Waals surface area (Å²) in [6.45, 7) is 3.81. The number of piperazine rings is 1. The maximum absolute atomic E-state index is 4.40. The van der Waals surface area contributed by atoms with Crippen molar-refractivity contribution in [3.05, 3.63) is 30.3 Å². The Kier molecular flexibility index (Phi) is 2.71. The lowest BCUT2D eigenvalue weighted by Crippen LogP contribution is -2.44. The molecule has 0 aliphatic carbocycles. The van der Waals surface area contributed by atoms with Crippen molar-refractivity contribution in [2.24, 2.45) is 0 Å². The first-order valence-electron chi connectivity index (χ1n) is 5.74. The van der Waals surface area contributed by atoms with Crippen molar-refractivity contribution >= 4 is 5.95 Å². The summed E-state index contributed by atoms with van der Waals surface area (Å²) in [5.74, 6) is 0.704. The minimum absolute atomic E-state index is 0.704. The number of aromatic nitrogens is 4. The highest BCUT2D eigenvalue weighted by Gasteiger charge is 2.15. The van der Waals surface area contributed by atoms with Crippen LogP contribution in [0.5, 0.6) is 0 Å². The number of hydrogen-bond acceptors (Lipinski definition) is 5. The van der Waals surface area contributed by atoms with Gasteiger partial charge in [-0.3, -0.25) is 0 Å². The maximum Gasteiger partial charge on any atom is 0.266 e. The molecule has 3 rings (SSSR count). The Morgan fingerprint density at radius 3 is 2.59 bits per heavy atom. The Labute approximate surface area is 99.2 Å². The van der Waals surface area contributed by atoms with Crippen LogP contribution >= 0.6 is 0 Å². The van der Waals surface area contributed by atoms with Crippen LogP contribution in [0.15, 0.2) is 30.3 Å². The molecule has 0 atom stereocenters. The summed E-state index contributed by atoms with van der Waals surface area (Å²) in [7, 11) is 0. The van der Waals surface area contributed by atoms with Gasteiger partial charge in [0.05, 0.1) is 5.69 Å². The minimum Gasteiger partial charge on any atom is -0.336 e. The van der Waals surface area contributed by atoms with Crippen LogP contribution in [0, 0.1) is 0 Å². The first-order chi connectivity index (χ1) is 8.43. The van der Waals surface area contributed by atoms with Crippen LogP contribution in [0.1, 0.15) is 0 Å². The molecule has 1 N–H and O–H groups in total. The summed E-state index contributed by atoms with van der Waals surface area (Å²) >= 11 is 0. The van der Waals surface area contributed by atoms with Crippen LogP contribution < -0.4 is 10.2 Å². The zero-order valence-corrected chi connectivity index (χ0v) is 9.45. The summed E-state index contributed by atoms with van der Waals surface area (Å²) in [6, 6.07) is 9.82. The number of benzene rings is 1. The molecule has 2 aromatic rings. The average molecular weight is 230 g/mol. The number of anilines is 1. The molecule has 0 unspecified atom stereocenters. The van der Waals surface area contributed by atoms with Crippen molar-refractivity contribution in [3.8, 4) is 5.69 Å². The largest absolute Gasteiger partial charge is 0.336 e. The molecule has 2 heterocycles. The van der Waals surface area contributed by atoms with Gasteiger partial charge in [0.2, 0.25) is 0 Å². The van der Waals surface area contributed by atoms with Gasteiger partial charge in [0.25, 0.3) is 5.95 Å². The molecule has 1 aliphatic rings. The molecule has 0 radical (unpaired) electrons. The molecule has 0 spiro atoms. The summed E-state index contributed by atoms with van der Waals surface area (Å²) in [6.07, 6.45) is 0. The summed E-state index contributed by atoms with van der Waals surface area (Å²) < 4.78 is 0. The molecule has 88 valence electrons. The Morgan fingerprint density at radius 1 is 1.06 bits per heavy atom. The van der Waals surface area contributed by atoms with Crippen LogP contribution in [-0.2, 0) is 0 Å². The third-order valence-electron chi connectivity index (χ3n) is 2.79. The van der Waals surface area contributed by atoms with Crippen molar-refractivity contribution in [1.29, 1.82) is 0 Å². The van der Waals surface area contributed by atoms with Crippen LogP contribution in [0.2, 0.25) is 0 Å². The van der Waals surface area contributed by atoms with Crippen LogP contribution in [0.25, 0.3) is 5.69 Å². The molecule has 6 heteroatoms. The van der Waals surface area contributed by atoms with E-state index < -0.39 is 0 Å². The number of para-hydroxylation sites is 1. The normalized spacial score (nSPS) is 16.1. The number of nitrogens with one attached hydrogen (secondary N) is 1. The lowest BCUT2D eigenvalue weighted by molar-refractivity contribution is 0.579. The standard InChI is InChI=1S/C11H14N6/c1-2-4-10(5-3-1)17-14-11(13-15-17)16-8-6-12-7-9-16/h1-5,12H,6-9H2. The van der Waals surface area contributed by atoms with Gasteiger partial charge in [-0.1, -0.05) is 23.3 Å². The van der Waals surface area contributed by atoms with Crippen molar-refractivity contribution < 1.29 is 0 Å². The van der Waals surface area contributed by atoms with Gasteiger partial charge in [-0.05, 0) is 17.3 Å². The lowest BCUT2D eigenvalue weighted by Gasteiger charge is -2.25. The van der Waals surface area contributed by atoms with Crippen molar-refractivity contribution in [2.75, 3.05) is 31.1 Å². The first kappa shape index (κ1) is 10.2. The predicted molar refractivity (Wildman–Crippen MR) is 64.2 cm³/mol. The van der Waals surface area contributed by atoms with E-state index in [0.29, 0.717) is 5.95 Å². The van der Waals surface area contributed by atoms with Gasteiger partial charge in [0, 0.05) is 26.2 Å². The SMILES string of the molecule is c1ccc(-n2nnc(N3CCNCC3)n2)cc1. The number of tetrazole rings is 1. The first-order valence-corrected chi connectivity index (χ1v) is 5.74. The monoisotopic (exact) mass is 230 g/mol. The van der Waals surface area contributed by atoms with Gasteiger partial charge in [0.1, 0.15) is 0 Å². The van der Waals surface area contributed by atoms with E-state index in [1.54, 1.807) is 4.80 Å². The van der Waals surface area contributed by atoms with E-state index in [4.69, 9.17) is 0 Å². The molecule has 6 nitrogen and oxygen atoms in total. The van der Waals surface area contributed by atoms with E-state index in [9.17, 15) is 0 Å². The Hall–Kier alpha value is -1.95. The van der Waals surface area contributed by atoms with E-state index in [-0.39, 0.29) is 0 Å². The van der Waals surface area contributed by atoms with Crippen LogP contribution in [0.3, 0.4) is 0 Å². The highest BCUT2D eigenvalue weighted by atomic mass is 15.6. The number of hydrogen-bond donors (Lipinski definition) is 1. The fourth-order valence-electron chi connectivity index (χ4n) is 1.87. The quantitative estimate of drug-likeness (QED) is 0.791. The van der Waals surface area contributed by atoms with Crippen LogP contribution in [0.4, 0.5) is 5.95 Å². The van der Waals surface area contributed by atoms with Crippen molar-refractivity contribution in [3.63, 3.8) is 0 Å². The zero-order chi connectivity index (χ0) is 11.5. The topological polar surface area (TPSA) is 58.9 Å². The molecular weight excluding hydrogens is 216 g/mol. The van der Waals surface area contributed by atoms with Gasteiger partial charge in [-0.15, -0.1) is 9.90 Å². The minimum atomic E-state index is 0.704. The third kappa shape index (κ3) is 2.12. The Morgan fingerprint density at radius 2 is 1.82 bits per heavy atom. The van der Waals surface area contributed by atoms with Gasteiger partial charge in [-0.2, -0.15) is 0 Å². The molecular formula is C11H14N6. The summed E-state index contributed by atoms with van der Waals surface area (Å²) in [5.41, 5.74) is 0.932. The molecule has 17 heavy (non-hydrogen) atoms. The molecule has 0 bridgehead atoms. The number of rotatable bonds is 2. The molecule has 1 aliphatic heterocycles. The van der Waals surface area contributed by atoms with Gasteiger partial charge in [-0.25, -0.2) is 0 Å². The average Bonchev–Trinajstić information content (AvgIpc) is 2.90. The summed E-state index contributed by atoms with van der Waals surface area (Å²) in [5, 5.41) is 15.9. The maximum atomic E-state index is 4.40. The van der Waals surface area contributed by atoms with E-state index in [1.165, 1.54) is 0 Å². The van der Waals surface area contributed by atoms with E-state index in [0.717, 1.165) is 31.9 Å². The van der Waals surface area contributed by atoms with E-state index in [1.807, 2.05) is 30.3 Å². The fourth-order valence-corrected chi connectivity index (χ4v) is 1.87. The Bertz CT molecular complexity index is 474. The second-order valence-corrected chi connectivity index (χ2v) is 3.95. The second kappa shape index (κ2) is 4.50. The van der Waals surface area contributed by atoms with E-state index >= 15 is 0 Å². The smallest absolute Gasteiger partial charge is 0.266 e. The zero-order valence-electron chi connectivity index (χ0n) is 9.45. The molecule has 0 saturated carbocycles. The Balaban J connectivity index is 1.83. The molecule has 1 aromatic carbocycles. The second-order valence-electron chi connectivity index (χ2n) is 3.95. The third-order valence-corrected chi connectivity index (χ3v) is 2.79. The predicted octanol–water partition coefficient (Wildman–Crippen LogP) is 0.0719. The lowest BCUT2D eigenvalue weighted by atomic mass is 10.3. The molecule has 1 saturated heterocycles. The van der Waals surface area contributed by atoms with Gasteiger partial charge in [0.15, 0.2) is 0 Å². The molecule has 1 fully saturated rings. The fraction of sp³-hybridized carbons (Fsp3) is 0.364. The van der Waals surface area contributed by atoms with Crippen molar-refractivity contribution in [1.82, 2.24) is 25.5 Å². The highest BCUT2D eigenvalue weighted by Crippen LogP contribution is 2.08. The molecule has 1 aromatic heterocycles. The van der Waals surface area contributed by atoms with Crippen LogP contribution in [-0.4, -0.2) is 46.4 Å². The highest BCUT2D eigenvalue weighted by molar-refractivity contribution is 5.32. The molecule has 0 amide bonds. The number of nitrogens with zero attached hydrogens (tertiary/aromatic N) is 5.